The number of hydrogen-bond acceptors (Lipinski definition) is 7. The molecular weight excluding hydrogens is 290 g/mol. The van der Waals surface area contributed by atoms with Gasteiger partial charge in [0.15, 0.2) is 0 Å². The maximum atomic E-state index is 12.1. The van der Waals surface area contributed by atoms with Crippen LogP contribution in [-0.2, 0) is 9.59 Å². The lowest BCUT2D eigenvalue weighted by Gasteiger charge is -2.25. The van der Waals surface area contributed by atoms with Crippen molar-refractivity contribution in [3.05, 3.63) is 29.1 Å². The minimum Gasteiger partial charge on any atom is -0.548 e. The van der Waals surface area contributed by atoms with Gasteiger partial charge in [0, 0.05) is 6.08 Å². The predicted octanol–water partition coefficient (Wildman–Crippen LogP) is -0.408. The van der Waals surface area contributed by atoms with Gasteiger partial charge < -0.3 is 19.4 Å². The van der Waals surface area contributed by atoms with Crippen LogP contribution in [0.1, 0.15) is 5.76 Å². The van der Waals surface area contributed by atoms with Gasteiger partial charge in [0.25, 0.3) is 5.91 Å². The highest BCUT2D eigenvalue weighted by Gasteiger charge is 2.37. The number of carboxylic acid groups (broad SMARTS) is 1. The van der Waals surface area contributed by atoms with Crippen LogP contribution in [0.3, 0.4) is 0 Å². The molecule has 0 saturated carbocycles. The Morgan fingerprint density at radius 2 is 2.42 bits per heavy atom. The third kappa shape index (κ3) is 2.70. The van der Waals surface area contributed by atoms with E-state index in [9.17, 15) is 14.7 Å². The Kier molecular flexibility index (Phi) is 4.03. The van der Waals surface area contributed by atoms with Gasteiger partial charge in [0.1, 0.15) is 16.1 Å². The van der Waals surface area contributed by atoms with Crippen molar-refractivity contribution in [2.45, 2.75) is 6.04 Å². The second-order valence-corrected chi connectivity index (χ2v) is 5.26. The molecule has 0 spiro atoms. The fourth-order valence-electron chi connectivity index (χ4n) is 1.51. The zero-order valence-electron chi connectivity index (χ0n) is 9.44. The van der Waals surface area contributed by atoms with Crippen molar-refractivity contribution in [3.8, 4) is 0 Å². The zero-order chi connectivity index (χ0) is 14.0. The number of thiocarbonyl (C=S) groups is 1. The molecule has 1 atom stereocenters. The number of thioether (sulfide) groups is 1. The molecule has 0 unspecified atom stereocenters. The number of nitrogens with zero attached hydrogens (tertiary/aromatic N) is 1. The molecule has 2 rings (SSSR count). The van der Waals surface area contributed by atoms with Crippen molar-refractivity contribution >= 4 is 46.3 Å². The van der Waals surface area contributed by atoms with Gasteiger partial charge in [0.05, 0.1) is 23.7 Å². The number of carbonyl (C=O) groups is 2. The Morgan fingerprint density at radius 1 is 1.68 bits per heavy atom. The maximum Gasteiger partial charge on any atom is 0.267 e. The van der Waals surface area contributed by atoms with Crippen molar-refractivity contribution in [2.75, 3.05) is 6.61 Å². The normalized spacial score (nSPS) is 19.2. The second kappa shape index (κ2) is 5.55. The third-order valence-electron chi connectivity index (χ3n) is 2.40. The Labute approximate surface area is 117 Å². The van der Waals surface area contributed by atoms with E-state index in [0.717, 1.165) is 16.7 Å². The minimum atomic E-state index is -1.56. The average Bonchev–Trinajstić information content (AvgIpc) is 2.94. The maximum absolute atomic E-state index is 12.1. The van der Waals surface area contributed by atoms with Crippen LogP contribution in [0.25, 0.3) is 6.08 Å². The molecule has 1 saturated heterocycles. The summed E-state index contributed by atoms with van der Waals surface area (Å²) in [6.45, 7) is -0.761. The molecule has 1 aliphatic rings. The summed E-state index contributed by atoms with van der Waals surface area (Å²) in [4.78, 5) is 24.0. The number of amides is 1. The molecule has 1 aromatic rings. The number of carbonyl (C=O) groups excluding carboxylic acids is 2. The molecule has 100 valence electrons. The Bertz CT molecular complexity index is 551. The predicted molar refractivity (Wildman–Crippen MR) is 69.6 cm³/mol. The standard InChI is InChI=1S/C11H9NO5S2/c13-5-7(10(15)16)12-9(14)8(19-11(12)18)4-6-2-1-3-17-6/h1-4,7,13H,5H2,(H,15,16)/p-1/b8-4+/t7-/m0/s1. The Morgan fingerprint density at radius 3 is 2.95 bits per heavy atom. The number of rotatable bonds is 4. The van der Waals surface area contributed by atoms with Gasteiger partial charge in [-0.25, -0.2) is 0 Å². The summed E-state index contributed by atoms with van der Waals surface area (Å²) in [5, 5.41) is 19.9. The number of aliphatic hydroxyl groups is 1. The van der Waals surface area contributed by atoms with Gasteiger partial charge in [-0.1, -0.05) is 24.0 Å². The fourth-order valence-corrected chi connectivity index (χ4v) is 2.85. The summed E-state index contributed by atoms with van der Waals surface area (Å²) < 4.78 is 5.13. The first kappa shape index (κ1) is 13.8. The average molecular weight is 298 g/mol. The van der Waals surface area contributed by atoms with E-state index in [-0.39, 0.29) is 9.23 Å². The number of furan rings is 1. The molecule has 1 aromatic heterocycles. The molecular formula is C11H8NO5S2-. The highest BCUT2D eigenvalue weighted by atomic mass is 32.2. The van der Waals surface area contributed by atoms with Crippen LogP contribution in [0.2, 0.25) is 0 Å². The van der Waals surface area contributed by atoms with E-state index >= 15 is 0 Å². The molecule has 1 fully saturated rings. The summed E-state index contributed by atoms with van der Waals surface area (Å²) in [5.41, 5.74) is 0. The van der Waals surface area contributed by atoms with Crippen LogP contribution in [0.4, 0.5) is 0 Å². The molecule has 1 amide bonds. The van der Waals surface area contributed by atoms with Gasteiger partial charge in [-0.15, -0.1) is 0 Å². The van der Waals surface area contributed by atoms with Gasteiger partial charge >= 0.3 is 0 Å². The molecule has 0 radical (unpaired) electrons. The van der Waals surface area contributed by atoms with Crippen molar-refractivity contribution in [3.63, 3.8) is 0 Å². The first-order chi connectivity index (χ1) is 9.04. The number of aliphatic hydroxyl groups excluding tert-OH is 1. The highest BCUT2D eigenvalue weighted by Crippen LogP contribution is 2.33. The van der Waals surface area contributed by atoms with Gasteiger partial charge in [-0.05, 0) is 12.1 Å². The van der Waals surface area contributed by atoms with Gasteiger partial charge in [0.2, 0.25) is 0 Å². The van der Waals surface area contributed by atoms with Crippen LogP contribution >= 0.6 is 24.0 Å². The lowest BCUT2D eigenvalue weighted by molar-refractivity contribution is -0.311. The SMILES string of the molecule is O=C([O-])[C@H](CO)N1C(=O)/C(=C\c2ccco2)SC1=S. The molecule has 0 aromatic carbocycles. The fraction of sp³-hybridized carbons (Fsp3) is 0.182. The van der Waals surface area contributed by atoms with Gasteiger partial charge in [-0.2, -0.15) is 0 Å². The second-order valence-electron chi connectivity index (χ2n) is 3.58. The molecule has 6 nitrogen and oxygen atoms in total. The largest absolute Gasteiger partial charge is 0.548 e. The van der Waals surface area contributed by atoms with Crippen LogP contribution in [-0.4, -0.2) is 38.9 Å². The van der Waals surface area contributed by atoms with Crippen molar-refractivity contribution in [2.24, 2.45) is 0 Å². The highest BCUT2D eigenvalue weighted by molar-refractivity contribution is 8.26. The van der Waals surface area contributed by atoms with Crippen LogP contribution < -0.4 is 5.11 Å². The first-order valence-corrected chi connectivity index (χ1v) is 6.39. The van der Waals surface area contributed by atoms with E-state index in [2.05, 4.69) is 0 Å². The van der Waals surface area contributed by atoms with E-state index in [4.69, 9.17) is 21.7 Å². The van der Waals surface area contributed by atoms with E-state index in [1.165, 1.54) is 12.3 Å². The number of aliphatic carboxylic acids is 1. The molecule has 1 aliphatic heterocycles. The molecule has 0 bridgehead atoms. The van der Waals surface area contributed by atoms with E-state index in [1.54, 1.807) is 12.1 Å². The third-order valence-corrected chi connectivity index (χ3v) is 3.73. The Balaban J connectivity index is 2.28. The lowest BCUT2D eigenvalue weighted by Crippen LogP contribution is -2.51. The summed E-state index contributed by atoms with van der Waals surface area (Å²) in [5.74, 6) is -1.69. The van der Waals surface area contributed by atoms with E-state index in [0.29, 0.717) is 5.76 Å². The molecule has 19 heavy (non-hydrogen) atoms. The first-order valence-electron chi connectivity index (χ1n) is 5.17. The molecule has 0 aliphatic carbocycles. The van der Waals surface area contributed by atoms with E-state index < -0.39 is 24.5 Å². The van der Waals surface area contributed by atoms with Gasteiger partial charge in [-0.3, -0.25) is 9.69 Å². The quantitative estimate of drug-likeness (QED) is 0.596. The monoisotopic (exact) mass is 298 g/mol. The summed E-state index contributed by atoms with van der Waals surface area (Å²) in [6, 6.07) is 1.83. The smallest absolute Gasteiger partial charge is 0.267 e. The zero-order valence-corrected chi connectivity index (χ0v) is 11.1. The summed E-state index contributed by atoms with van der Waals surface area (Å²) in [6.07, 6.45) is 2.91. The van der Waals surface area contributed by atoms with Crippen LogP contribution in [0.5, 0.6) is 0 Å². The van der Waals surface area contributed by atoms with Crippen molar-refractivity contribution in [1.29, 1.82) is 0 Å². The molecule has 1 N–H and O–H groups in total. The summed E-state index contributed by atoms with van der Waals surface area (Å²) in [7, 11) is 0. The minimum absolute atomic E-state index is 0.0612. The number of hydrogen-bond donors (Lipinski definition) is 1. The van der Waals surface area contributed by atoms with E-state index in [1.807, 2.05) is 0 Å². The number of carboxylic acids is 1. The Hall–Kier alpha value is -1.64. The van der Waals surface area contributed by atoms with Crippen molar-refractivity contribution in [1.82, 2.24) is 4.90 Å². The van der Waals surface area contributed by atoms with Crippen LogP contribution in [0, 0.1) is 0 Å². The summed E-state index contributed by atoms with van der Waals surface area (Å²) >= 11 is 5.89. The molecule has 8 heteroatoms. The lowest BCUT2D eigenvalue weighted by atomic mass is 10.2. The van der Waals surface area contributed by atoms with Crippen LogP contribution in [0.15, 0.2) is 27.7 Å². The topological polar surface area (TPSA) is 93.8 Å². The van der Waals surface area contributed by atoms with Crippen molar-refractivity contribution < 1.29 is 24.2 Å². The molecule has 2 heterocycles.